The van der Waals surface area contributed by atoms with Crippen LogP contribution in [0, 0.1) is 6.92 Å². The molecule has 0 aliphatic carbocycles. The third-order valence-corrected chi connectivity index (χ3v) is 6.55. The highest BCUT2D eigenvalue weighted by Crippen LogP contribution is 2.29. The zero-order valence-electron chi connectivity index (χ0n) is 19.3. The Morgan fingerprint density at radius 3 is 2.66 bits per heavy atom. The van der Waals surface area contributed by atoms with Gasteiger partial charge in [0.15, 0.2) is 5.69 Å². The van der Waals surface area contributed by atoms with Gasteiger partial charge < -0.3 is 10.1 Å². The standard InChI is InChI=1S/C28H23N3O3S/c1-3-34-28(33)24-16-25(31(30-24)21-11-6-8-18(2)14-21)19-9-7-10-20(15-19)29-27(32)23-17-35-26-13-5-4-12-22(23)26/h4-17H,3H2,1-2H3,(H,29,32). The van der Waals surface area contributed by atoms with Gasteiger partial charge >= 0.3 is 5.97 Å². The molecule has 5 rings (SSSR count). The Morgan fingerprint density at radius 1 is 1.00 bits per heavy atom. The summed E-state index contributed by atoms with van der Waals surface area (Å²) < 4.78 is 7.97. The van der Waals surface area contributed by atoms with E-state index in [2.05, 4.69) is 10.4 Å². The SMILES string of the molecule is CCOC(=O)c1cc(-c2cccc(NC(=O)c3csc4ccccc34)c2)n(-c2cccc(C)c2)n1. The van der Waals surface area contributed by atoms with Crippen molar-refractivity contribution in [1.82, 2.24) is 9.78 Å². The highest BCUT2D eigenvalue weighted by Gasteiger charge is 2.19. The molecule has 2 heterocycles. The Morgan fingerprint density at radius 2 is 1.83 bits per heavy atom. The number of nitrogens with zero attached hydrogens (tertiary/aromatic N) is 2. The van der Waals surface area contributed by atoms with Gasteiger partial charge in [-0.15, -0.1) is 11.3 Å². The molecule has 0 saturated carbocycles. The van der Waals surface area contributed by atoms with Crippen LogP contribution in [0.4, 0.5) is 5.69 Å². The molecule has 0 saturated heterocycles. The van der Waals surface area contributed by atoms with Crippen LogP contribution in [0.3, 0.4) is 0 Å². The highest BCUT2D eigenvalue weighted by atomic mass is 32.1. The third-order valence-electron chi connectivity index (χ3n) is 5.58. The van der Waals surface area contributed by atoms with Crippen molar-refractivity contribution in [2.45, 2.75) is 13.8 Å². The molecular formula is C28H23N3O3S. The van der Waals surface area contributed by atoms with Crippen LogP contribution in [0.25, 0.3) is 27.0 Å². The van der Waals surface area contributed by atoms with E-state index < -0.39 is 5.97 Å². The number of anilines is 1. The number of hydrogen-bond donors (Lipinski definition) is 1. The van der Waals surface area contributed by atoms with Gasteiger partial charge in [-0.05, 0) is 55.8 Å². The summed E-state index contributed by atoms with van der Waals surface area (Å²) in [5.74, 6) is -0.645. The van der Waals surface area contributed by atoms with Crippen LogP contribution in [0.2, 0.25) is 0 Å². The van der Waals surface area contributed by atoms with Gasteiger partial charge in [0.2, 0.25) is 0 Å². The van der Waals surface area contributed by atoms with Gasteiger partial charge in [-0.3, -0.25) is 4.79 Å². The number of amides is 1. The minimum atomic E-state index is -0.478. The predicted octanol–water partition coefficient (Wildman–Crippen LogP) is 6.49. The first-order valence-corrected chi connectivity index (χ1v) is 12.1. The lowest BCUT2D eigenvalue weighted by atomic mass is 10.1. The Labute approximate surface area is 206 Å². The van der Waals surface area contributed by atoms with Gasteiger partial charge in [0.25, 0.3) is 5.91 Å². The average Bonchev–Trinajstić information content (AvgIpc) is 3.50. The molecule has 0 spiro atoms. The van der Waals surface area contributed by atoms with E-state index in [0.717, 1.165) is 32.6 Å². The molecule has 5 aromatic rings. The van der Waals surface area contributed by atoms with E-state index >= 15 is 0 Å². The number of esters is 1. The maximum absolute atomic E-state index is 13.0. The van der Waals surface area contributed by atoms with Crippen molar-refractivity contribution in [2.75, 3.05) is 11.9 Å². The summed E-state index contributed by atoms with van der Waals surface area (Å²) in [5.41, 5.74) is 4.95. The third kappa shape index (κ3) is 4.58. The van der Waals surface area contributed by atoms with Crippen molar-refractivity contribution in [3.8, 4) is 16.9 Å². The van der Waals surface area contributed by atoms with Crippen LogP contribution < -0.4 is 5.32 Å². The average molecular weight is 482 g/mol. The van der Waals surface area contributed by atoms with Crippen LogP contribution in [0.5, 0.6) is 0 Å². The van der Waals surface area contributed by atoms with Gasteiger partial charge in [-0.2, -0.15) is 5.10 Å². The van der Waals surface area contributed by atoms with E-state index in [1.54, 1.807) is 29.0 Å². The fourth-order valence-corrected chi connectivity index (χ4v) is 4.90. The largest absolute Gasteiger partial charge is 0.461 e. The normalized spacial score (nSPS) is 10.9. The minimum Gasteiger partial charge on any atom is -0.461 e. The maximum Gasteiger partial charge on any atom is 0.358 e. The van der Waals surface area contributed by atoms with Crippen LogP contribution in [-0.4, -0.2) is 28.3 Å². The van der Waals surface area contributed by atoms with Crippen molar-refractivity contribution in [3.05, 3.63) is 101 Å². The molecule has 0 aliphatic rings. The lowest BCUT2D eigenvalue weighted by molar-refractivity contribution is 0.0519. The number of ether oxygens (including phenoxy) is 1. The molecule has 2 aromatic heterocycles. The monoisotopic (exact) mass is 481 g/mol. The molecule has 35 heavy (non-hydrogen) atoms. The van der Waals surface area contributed by atoms with Crippen molar-refractivity contribution in [3.63, 3.8) is 0 Å². The summed E-state index contributed by atoms with van der Waals surface area (Å²) in [6.45, 7) is 4.03. The second-order valence-electron chi connectivity index (χ2n) is 8.07. The Balaban J connectivity index is 1.51. The molecule has 7 heteroatoms. The fraction of sp³-hybridized carbons (Fsp3) is 0.107. The molecule has 0 radical (unpaired) electrons. The van der Waals surface area contributed by atoms with E-state index in [1.165, 1.54) is 0 Å². The molecule has 6 nitrogen and oxygen atoms in total. The second-order valence-corrected chi connectivity index (χ2v) is 8.98. The van der Waals surface area contributed by atoms with Crippen molar-refractivity contribution < 1.29 is 14.3 Å². The Bertz CT molecular complexity index is 1550. The number of aromatic nitrogens is 2. The quantitative estimate of drug-likeness (QED) is 0.281. The van der Waals surface area contributed by atoms with Crippen molar-refractivity contribution in [2.24, 2.45) is 0 Å². The molecule has 0 aliphatic heterocycles. The molecule has 174 valence electrons. The minimum absolute atomic E-state index is 0.168. The molecule has 0 bridgehead atoms. The Hall–Kier alpha value is -4.23. The summed E-state index contributed by atoms with van der Waals surface area (Å²) in [4.78, 5) is 25.5. The van der Waals surface area contributed by atoms with E-state index in [9.17, 15) is 9.59 Å². The van der Waals surface area contributed by atoms with Crippen LogP contribution in [0.1, 0.15) is 33.3 Å². The van der Waals surface area contributed by atoms with Crippen LogP contribution in [0.15, 0.2) is 84.2 Å². The molecule has 0 fully saturated rings. The van der Waals surface area contributed by atoms with E-state index in [4.69, 9.17) is 4.74 Å². The van der Waals surface area contributed by atoms with Crippen molar-refractivity contribution in [1.29, 1.82) is 0 Å². The van der Waals surface area contributed by atoms with E-state index in [0.29, 0.717) is 11.3 Å². The number of nitrogens with one attached hydrogen (secondary N) is 1. The molecular weight excluding hydrogens is 458 g/mol. The first-order chi connectivity index (χ1) is 17.0. The maximum atomic E-state index is 13.0. The lowest BCUT2D eigenvalue weighted by Crippen LogP contribution is -2.11. The Kier molecular flexibility index (Phi) is 6.16. The predicted molar refractivity (Wildman–Crippen MR) is 139 cm³/mol. The number of thiophene rings is 1. The van der Waals surface area contributed by atoms with Gasteiger partial charge in [-0.1, -0.05) is 42.5 Å². The van der Waals surface area contributed by atoms with Crippen LogP contribution >= 0.6 is 11.3 Å². The van der Waals surface area contributed by atoms with Crippen molar-refractivity contribution >= 4 is 39.0 Å². The fourth-order valence-electron chi connectivity index (χ4n) is 3.96. The van der Waals surface area contributed by atoms with Gasteiger partial charge in [0.05, 0.1) is 23.6 Å². The first kappa shape index (κ1) is 22.6. The summed E-state index contributed by atoms with van der Waals surface area (Å²) in [7, 11) is 0. The number of hydrogen-bond acceptors (Lipinski definition) is 5. The highest BCUT2D eigenvalue weighted by molar-refractivity contribution is 7.17. The molecule has 0 atom stereocenters. The number of benzene rings is 3. The van der Waals surface area contributed by atoms with Gasteiger partial charge in [0, 0.05) is 26.7 Å². The number of rotatable bonds is 6. The molecule has 1 N–H and O–H groups in total. The van der Waals surface area contributed by atoms with Gasteiger partial charge in [0.1, 0.15) is 0 Å². The molecule has 3 aromatic carbocycles. The number of carbonyl (C=O) groups excluding carboxylic acids is 2. The number of aryl methyl sites for hydroxylation is 1. The summed E-state index contributed by atoms with van der Waals surface area (Å²) in [5, 5.41) is 10.4. The summed E-state index contributed by atoms with van der Waals surface area (Å²) >= 11 is 1.55. The molecule has 1 amide bonds. The van der Waals surface area contributed by atoms with E-state index in [-0.39, 0.29) is 18.2 Å². The zero-order valence-corrected chi connectivity index (χ0v) is 20.1. The zero-order chi connectivity index (χ0) is 24.4. The van der Waals surface area contributed by atoms with Gasteiger partial charge in [-0.25, -0.2) is 9.48 Å². The topological polar surface area (TPSA) is 73.2 Å². The number of fused-ring (bicyclic) bond motifs is 1. The lowest BCUT2D eigenvalue weighted by Gasteiger charge is -2.10. The number of carbonyl (C=O) groups is 2. The second kappa shape index (κ2) is 9.56. The molecule has 0 unspecified atom stereocenters. The van der Waals surface area contributed by atoms with E-state index in [1.807, 2.05) is 85.1 Å². The smallest absolute Gasteiger partial charge is 0.358 e. The summed E-state index contributed by atoms with van der Waals surface area (Å²) in [6.07, 6.45) is 0. The van der Waals surface area contributed by atoms with Crippen LogP contribution in [-0.2, 0) is 4.74 Å². The summed E-state index contributed by atoms with van der Waals surface area (Å²) in [6, 6.07) is 25.0. The first-order valence-electron chi connectivity index (χ1n) is 11.3.